The van der Waals surface area contributed by atoms with Crippen molar-refractivity contribution in [1.82, 2.24) is 0 Å². The Labute approximate surface area is 120 Å². The van der Waals surface area contributed by atoms with E-state index in [0.29, 0.717) is 12.8 Å². The fourth-order valence-corrected chi connectivity index (χ4v) is 1.91. The van der Waals surface area contributed by atoms with Crippen molar-refractivity contribution in [3.05, 3.63) is 60.2 Å². The number of ether oxygens (including phenoxy) is 1. The zero-order chi connectivity index (χ0) is 14.2. The summed E-state index contributed by atoms with van der Waals surface area (Å²) in [6.07, 6.45) is 0.826. The maximum Gasteiger partial charge on any atom is 0.127 e. The molecule has 20 heavy (non-hydrogen) atoms. The molecule has 1 unspecified atom stereocenters. The number of aliphatic hydroxyl groups is 1. The fourth-order valence-electron chi connectivity index (χ4n) is 1.91. The Morgan fingerprint density at radius 1 is 1.05 bits per heavy atom. The first kappa shape index (κ1) is 14.2. The van der Waals surface area contributed by atoms with Crippen molar-refractivity contribution in [2.75, 3.05) is 0 Å². The Morgan fingerprint density at radius 2 is 1.80 bits per heavy atom. The molecule has 0 amide bonds. The third kappa shape index (κ3) is 4.15. The van der Waals surface area contributed by atoms with Gasteiger partial charge in [-0.2, -0.15) is 0 Å². The third-order valence-corrected chi connectivity index (χ3v) is 2.94. The first-order valence-corrected chi connectivity index (χ1v) is 6.70. The Kier molecular flexibility index (Phi) is 5.23. The minimum atomic E-state index is -0.504. The lowest BCUT2D eigenvalue weighted by atomic mass is 10.0. The van der Waals surface area contributed by atoms with Gasteiger partial charge in [0, 0.05) is 6.42 Å². The first-order chi connectivity index (χ1) is 9.79. The van der Waals surface area contributed by atoms with Crippen LogP contribution in [-0.2, 0) is 0 Å². The average molecular weight is 266 g/mol. The van der Waals surface area contributed by atoms with Crippen LogP contribution in [0, 0.1) is 11.8 Å². The summed E-state index contributed by atoms with van der Waals surface area (Å²) in [6, 6.07) is 17.2. The van der Waals surface area contributed by atoms with E-state index in [4.69, 9.17) is 4.74 Å². The van der Waals surface area contributed by atoms with Gasteiger partial charge in [-0.1, -0.05) is 30.3 Å². The number of hydrogen-bond acceptors (Lipinski definition) is 2. The van der Waals surface area contributed by atoms with Crippen LogP contribution in [-0.4, -0.2) is 5.11 Å². The second-order valence-electron chi connectivity index (χ2n) is 4.47. The van der Waals surface area contributed by atoms with E-state index in [0.717, 1.165) is 17.1 Å². The van der Waals surface area contributed by atoms with Crippen LogP contribution in [0.15, 0.2) is 54.6 Å². The maximum absolute atomic E-state index is 10.1. The summed E-state index contributed by atoms with van der Waals surface area (Å²) in [7, 11) is 0. The highest BCUT2D eigenvalue weighted by atomic mass is 16.5. The molecule has 0 aliphatic carbocycles. The first-order valence-electron chi connectivity index (χ1n) is 6.70. The Bertz CT molecular complexity index is 594. The van der Waals surface area contributed by atoms with E-state index in [1.807, 2.05) is 54.6 Å². The molecule has 1 atom stereocenters. The molecule has 2 aromatic rings. The Morgan fingerprint density at radius 3 is 2.55 bits per heavy atom. The maximum atomic E-state index is 10.1. The Balaban J connectivity index is 2.05. The molecule has 102 valence electrons. The minimum Gasteiger partial charge on any atom is -0.457 e. The SMILES string of the molecule is CC#CCCC(O)c1cccc(Oc2ccccc2)c1. The van der Waals surface area contributed by atoms with Crippen LogP contribution in [0.3, 0.4) is 0 Å². The lowest BCUT2D eigenvalue weighted by Crippen LogP contribution is -1.97. The lowest BCUT2D eigenvalue weighted by Gasteiger charge is -2.11. The normalized spacial score (nSPS) is 11.3. The predicted molar refractivity (Wildman–Crippen MR) is 80.6 cm³/mol. The van der Waals surface area contributed by atoms with E-state index in [1.54, 1.807) is 6.92 Å². The lowest BCUT2D eigenvalue weighted by molar-refractivity contribution is 0.169. The molecule has 0 saturated heterocycles. The monoisotopic (exact) mass is 266 g/mol. The zero-order valence-corrected chi connectivity index (χ0v) is 11.5. The van der Waals surface area contributed by atoms with Gasteiger partial charge in [-0.05, 0) is 43.2 Å². The van der Waals surface area contributed by atoms with Crippen molar-refractivity contribution < 1.29 is 9.84 Å². The van der Waals surface area contributed by atoms with Crippen LogP contribution in [0.2, 0.25) is 0 Å². The van der Waals surface area contributed by atoms with Gasteiger partial charge in [0.25, 0.3) is 0 Å². The second-order valence-corrected chi connectivity index (χ2v) is 4.47. The van der Waals surface area contributed by atoms with Crippen LogP contribution in [0.4, 0.5) is 0 Å². The van der Waals surface area contributed by atoms with Crippen LogP contribution in [0.1, 0.15) is 31.4 Å². The van der Waals surface area contributed by atoms with Crippen LogP contribution in [0.25, 0.3) is 0 Å². The van der Waals surface area contributed by atoms with Crippen LogP contribution in [0.5, 0.6) is 11.5 Å². The summed E-state index contributed by atoms with van der Waals surface area (Å²) >= 11 is 0. The van der Waals surface area contributed by atoms with E-state index >= 15 is 0 Å². The molecule has 2 nitrogen and oxygen atoms in total. The largest absolute Gasteiger partial charge is 0.457 e. The summed E-state index contributed by atoms with van der Waals surface area (Å²) in [4.78, 5) is 0. The highest BCUT2D eigenvalue weighted by Gasteiger charge is 2.08. The number of para-hydroxylation sites is 1. The van der Waals surface area contributed by atoms with Gasteiger partial charge in [-0.25, -0.2) is 0 Å². The quantitative estimate of drug-likeness (QED) is 0.817. The van der Waals surface area contributed by atoms with Crippen molar-refractivity contribution in [3.63, 3.8) is 0 Å². The minimum absolute atomic E-state index is 0.504. The van der Waals surface area contributed by atoms with Gasteiger partial charge in [-0.3, -0.25) is 0 Å². The van der Waals surface area contributed by atoms with E-state index in [2.05, 4.69) is 11.8 Å². The van der Waals surface area contributed by atoms with Gasteiger partial charge >= 0.3 is 0 Å². The number of aliphatic hydroxyl groups excluding tert-OH is 1. The van der Waals surface area contributed by atoms with Crippen molar-refractivity contribution in [2.24, 2.45) is 0 Å². The molecule has 0 saturated carbocycles. The van der Waals surface area contributed by atoms with E-state index in [1.165, 1.54) is 0 Å². The number of hydrogen-bond donors (Lipinski definition) is 1. The zero-order valence-electron chi connectivity index (χ0n) is 11.5. The van der Waals surface area contributed by atoms with Gasteiger partial charge < -0.3 is 9.84 Å². The van der Waals surface area contributed by atoms with Gasteiger partial charge in [-0.15, -0.1) is 11.8 Å². The topological polar surface area (TPSA) is 29.5 Å². The predicted octanol–water partition coefficient (Wildman–Crippen LogP) is 4.32. The fraction of sp³-hybridized carbons (Fsp3) is 0.222. The van der Waals surface area contributed by atoms with E-state index in [-0.39, 0.29) is 0 Å². The smallest absolute Gasteiger partial charge is 0.127 e. The van der Waals surface area contributed by atoms with Crippen LogP contribution >= 0.6 is 0 Å². The van der Waals surface area contributed by atoms with Gasteiger partial charge in [0.15, 0.2) is 0 Å². The third-order valence-electron chi connectivity index (χ3n) is 2.94. The molecule has 0 heterocycles. The highest BCUT2D eigenvalue weighted by Crippen LogP contribution is 2.26. The van der Waals surface area contributed by atoms with Crippen molar-refractivity contribution in [1.29, 1.82) is 0 Å². The molecule has 0 aromatic heterocycles. The molecule has 2 rings (SSSR count). The molecule has 0 bridgehead atoms. The highest BCUT2D eigenvalue weighted by molar-refractivity contribution is 5.34. The molecular weight excluding hydrogens is 248 g/mol. The van der Waals surface area contributed by atoms with E-state index < -0.39 is 6.10 Å². The molecule has 1 N–H and O–H groups in total. The van der Waals surface area contributed by atoms with Gasteiger partial charge in [0.1, 0.15) is 11.5 Å². The molecule has 2 aromatic carbocycles. The van der Waals surface area contributed by atoms with Crippen molar-refractivity contribution in [2.45, 2.75) is 25.9 Å². The molecular formula is C18H18O2. The summed E-state index contributed by atoms with van der Waals surface area (Å²) in [5, 5.41) is 10.1. The molecule has 0 aliphatic rings. The summed E-state index contributed by atoms with van der Waals surface area (Å²) in [5.74, 6) is 7.31. The molecule has 0 spiro atoms. The van der Waals surface area contributed by atoms with Crippen molar-refractivity contribution >= 4 is 0 Å². The molecule has 0 aliphatic heterocycles. The average Bonchev–Trinajstić information content (AvgIpc) is 2.49. The van der Waals surface area contributed by atoms with Gasteiger partial charge in [0.2, 0.25) is 0 Å². The summed E-state index contributed by atoms with van der Waals surface area (Å²) in [5.41, 5.74) is 0.858. The summed E-state index contributed by atoms with van der Waals surface area (Å²) < 4.78 is 5.76. The molecule has 2 heteroatoms. The standard InChI is InChI=1S/C18H18O2/c1-2-3-5-13-18(19)15-9-8-12-17(14-15)20-16-10-6-4-7-11-16/h4,6-12,14,18-19H,5,13H2,1H3. The summed E-state index contributed by atoms with van der Waals surface area (Å²) in [6.45, 7) is 1.81. The van der Waals surface area contributed by atoms with Gasteiger partial charge in [0.05, 0.1) is 6.10 Å². The van der Waals surface area contributed by atoms with Crippen molar-refractivity contribution in [3.8, 4) is 23.3 Å². The second kappa shape index (κ2) is 7.37. The Hall–Kier alpha value is -2.24. The number of rotatable bonds is 5. The van der Waals surface area contributed by atoms with E-state index in [9.17, 15) is 5.11 Å². The molecule has 0 radical (unpaired) electrons. The number of benzene rings is 2. The van der Waals surface area contributed by atoms with Crippen LogP contribution < -0.4 is 4.74 Å². The molecule has 0 fully saturated rings.